The molecule has 1 nitrogen and oxygen atoms in total. The van der Waals surface area contributed by atoms with Crippen LogP contribution in [-0.4, -0.2) is 4.98 Å². The van der Waals surface area contributed by atoms with Gasteiger partial charge in [0.2, 0.25) is 0 Å². The van der Waals surface area contributed by atoms with E-state index >= 15 is 0 Å². The number of hydrogen-bond donors (Lipinski definition) is 0. The molecule has 18 heavy (non-hydrogen) atoms. The van der Waals surface area contributed by atoms with Gasteiger partial charge in [0.15, 0.2) is 0 Å². The first-order valence-corrected chi connectivity index (χ1v) is 6.19. The van der Waals surface area contributed by atoms with Gasteiger partial charge in [0.05, 0.1) is 5.82 Å². The van der Waals surface area contributed by atoms with Crippen LogP contribution < -0.4 is 0 Å². The molecule has 0 atom stereocenters. The first kappa shape index (κ1) is 13.9. The van der Waals surface area contributed by atoms with Gasteiger partial charge in [-0.05, 0) is 21.6 Å². The molecule has 0 unspecified atom stereocenters. The Morgan fingerprint density at radius 3 is 2.83 bits per heavy atom. The van der Waals surface area contributed by atoms with E-state index in [1.165, 1.54) is 6.07 Å². The van der Waals surface area contributed by atoms with Gasteiger partial charge in [0, 0.05) is 26.3 Å². The number of benzene rings is 1. The molecule has 1 aliphatic carbocycles. The Bertz CT molecular complexity index is 625. The van der Waals surface area contributed by atoms with Crippen LogP contribution in [0, 0.1) is 11.9 Å². The number of hydrogen-bond acceptors (Lipinski definition) is 1. The van der Waals surface area contributed by atoms with E-state index in [0.29, 0.717) is 4.47 Å². The van der Waals surface area contributed by atoms with E-state index in [2.05, 4.69) is 40.8 Å². The van der Waals surface area contributed by atoms with Crippen molar-refractivity contribution in [2.24, 2.45) is 0 Å². The van der Waals surface area contributed by atoms with Gasteiger partial charge >= 0.3 is 0 Å². The number of fused-ring (bicyclic) bond motifs is 3. The summed E-state index contributed by atoms with van der Waals surface area (Å²) in [4.78, 5) is 4.39. The number of rotatable bonds is 0. The first-order valence-electron chi connectivity index (χ1n) is 5.39. The van der Waals surface area contributed by atoms with Crippen LogP contribution in [0.3, 0.4) is 0 Å². The van der Waals surface area contributed by atoms with Crippen LogP contribution in [0.4, 0.5) is 4.39 Å². The van der Waals surface area contributed by atoms with Gasteiger partial charge in [-0.3, -0.25) is 4.39 Å². The van der Waals surface area contributed by atoms with Crippen molar-refractivity contribution in [3.8, 4) is 11.3 Å². The number of aromatic nitrogens is 1. The van der Waals surface area contributed by atoms with E-state index in [1.54, 1.807) is 6.20 Å². The van der Waals surface area contributed by atoms with Crippen molar-refractivity contribution in [3.05, 3.63) is 51.9 Å². The maximum atomic E-state index is 13.6. The molecule has 0 saturated heterocycles. The normalized spacial score (nSPS) is 14.7. The van der Waals surface area contributed by atoms with Crippen molar-refractivity contribution in [1.82, 2.24) is 4.98 Å². The van der Waals surface area contributed by atoms with Crippen molar-refractivity contribution in [1.29, 1.82) is 0 Å². The molecule has 0 fully saturated rings. The Morgan fingerprint density at radius 1 is 1.39 bits per heavy atom. The number of nitrogens with zero attached hydrogens (tertiary/aromatic N) is 1. The maximum Gasteiger partial charge on any atom is 0.0521 e. The second-order valence-electron chi connectivity index (χ2n) is 4.73. The van der Waals surface area contributed by atoms with E-state index in [9.17, 15) is 4.39 Å². The summed E-state index contributed by atoms with van der Waals surface area (Å²) >= 11 is 3.34. The predicted molar refractivity (Wildman–Crippen MR) is 68.3 cm³/mol. The summed E-state index contributed by atoms with van der Waals surface area (Å²) < 4.78 is 14.2. The van der Waals surface area contributed by atoms with Gasteiger partial charge in [-0.2, -0.15) is 0 Å². The molecule has 1 heterocycles. The minimum Gasteiger partial charge on any atom is -0.304 e. The summed E-state index contributed by atoms with van der Waals surface area (Å²) in [6.45, 7) is 4.16. The van der Waals surface area contributed by atoms with Gasteiger partial charge in [-0.1, -0.05) is 41.4 Å². The van der Waals surface area contributed by atoms with Crippen molar-refractivity contribution >= 4 is 15.9 Å². The van der Waals surface area contributed by atoms with Crippen molar-refractivity contribution in [3.63, 3.8) is 0 Å². The molecule has 0 bridgehead atoms. The Labute approximate surface area is 127 Å². The van der Waals surface area contributed by atoms with E-state index in [-0.39, 0.29) is 31.3 Å². The molecular formula is C14H10BrFIrN-. The second kappa shape index (κ2) is 4.52. The SMILES string of the molecule is CC1(C)c2cccnc2-c2[c-]cc(F)c(Br)c21.[Ir]. The minimum atomic E-state index is -0.273. The molecule has 3 rings (SSSR count). The number of pyridine rings is 1. The quantitative estimate of drug-likeness (QED) is 0.515. The average Bonchev–Trinajstić information content (AvgIpc) is 2.54. The Hall–Kier alpha value is -0.571. The summed E-state index contributed by atoms with van der Waals surface area (Å²) in [6.07, 6.45) is 1.76. The summed E-state index contributed by atoms with van der Waals surface area (Å²) in [6, 6.07) is 8.32. The first-order chi connectivity index (χ1) is 8.03. The Kier molecular flexibility index (Phi) is 3.48. The van der Waals surface area contributed by atoms with Gasteiger partial charge in [-0.15, -0.1) is 23.3 Å². The van der Waals surface area contributed by atoms with Gasteiger partial charge < -0.3 is 4.98 Å². The topological polar surface area (TPSA) is 12.9 Å². The van der Waals surface area contributed by atoms with Crippen LogP contribution in [0.25, 0.3) is 11.3 Å². The summed E-state index contributed by atoms with van der Waals surface area (Å²) in [7, 11) is 0. The zero-order chi connectivity index (χ0) is 12.2. The van der Waals surface area contributed by atoms with Gasteiger partial charge in [0.1, 0.15) is 0 Å². The fourth-order valence-electron chi connectivity index (χ4n) is 2.52. The smallest absolute Gasteiger partial charge is 0.0521 e. The van der Waals surface area contributed by atoms with E-state index < -0.39 is 0 Å². The molecule has 2 aromatic rings. The van der Waals surface area contributed by atoms with E-state index in [4.69, 9.17) is 0 Å². The molecule has 0 amide bonds. The second-order valence-corrected chi connectivity index (χ2v) is 5.52. The fourth-order valence-corrected chi connectivity index (χ4v) is 3.33. The standard InChI is InChI=1S/C14H10BrFN.Ir/c1-14(2)9-4-3-7-17-13(9)8-5-6-10(16)12(15)11(8)14;/h3-4,6-7H,1-2H3;/q-1;. The molecule has 1 radical (unpaired) electrons. The third-order valence-electron chi connectivity index (χ3n) is 3.37. The summed E-state index contributed by atoms with van der Waals surface area (Å²) in [5, 5.41) is 0. The van der Waals surface area contributed by atoms with E-state index in [0.717, 1.165) is 22.4 Å². The van der Waals surface area contributed by atoms with Crippen LogP contribution in [0.15, 0.2) is 28.9 Å². The third-order valence-corrected chi connectivity index (χ3v) is 4.14. The molecule has 0 saturated carbocycles. The fraction of sp³-hybridized carbons (Fsp3) is 0.214. The van der Waals surface area contributed by atoms with Gasteiger partial charge in [-0.25, -0.2) is 0 Å². The molecule has 1 aromatic carbocycles. The molecule has 1 aliphatic rings. The van der Waals surface area contributed by atoms with Crippen LogP contribution in [0.1, 0.15) is 25.0 Å². The maximum absolute atomic E-state index is 13.6. The molecule has 0 spiro atoms. The Morgan fingerprint density at radius 2 is 2.11 bits per heavy atom. The zero-order valence-corrected chi connectivity index (χ0v) is 13.8. The third kappa shape index (κ3) is 1.70. The van der Waals surface area contributed by atoms with Crippen LogP contribution in [-0.2, 0) is 25.5 Å². The zero-order valence-electron chi connectivity index (χ0n) is 9.85. The monoisotopic (exact) mass is 483 g/mol. The molecule has 95 valence electrons. The van der Waals surface area contributed by atoms with Crippen molar-refractivity contribution < 1.29 is 24.5 Å². The van der Waals surface area contributed by atoms with Gasteiger partial charge in [0.25, 0.3) is 0 Å². The molecule has 4 heteroatoms. The molecule has 0 N–H and O–H groups in total. The van der Waals surface area contributed by atoms with Crippen LogP contribution in [0.2, 0.25) is 0 Å². The summed E-state index contributed by atoms with van der Waals surface area (Å²) in [5.41, 5.74) is 3.63. The largest absolute Gasteiger partial charge is 0.304 e. The molecule has 0 aliphatic heterocycles. The average molecular weight is 483 g/mol. The predicted octanol–water partition coefficient (Wildman–Crippen LogP) is 4.09. The van der Waals surface area contributed by atoms with Crippen LogP contribution in [0.5, 0.6) is 0 Å². The van der Waals surface area contributed by atoms with Crippen molar-refractivity contribution in [2.75, 3.05) is 0 Å². The van der Waals surface area contributed by atoms with Crippen LogP contribution >= 0.6 is 15.9 Å². The summed E-state index contributed by atoms with van der Waals surface area (Å²) in [5.74, 6) is -0.273. The van der Waals surface area contributed by atoms with Crippen molar-refractivity contribution in [2.45, 2.75) is 19.3 Å². The van der Waals surface area contributed by atoms with E-state index in [1.807, 2.05) is 12.1 Å². The molecular weight excluding hydrogens is 473 g/mol. The molecule has 1 aromatic heterocycles. The minimum absolute atomic E-state index is 0. The Balaban J connectivity index is 0.00000120. The number of halogens is 2.